The van der Waals surface area contributed by atoms with Crippen LogP contribution in [-0.4, -0.2) is 44.5 Å². The second-order valence-electron chi connectivity index (χ2n) is 6.83. The average Bonchev–Trinajstić information content (AvgIpc) is 2.40. The quantitative estimate of drug-likeness (QED) is 0.710. The SMILES string of the molecule is COCCCNC1CCCCC1CNC(=O)OC(C)(C)C. The maximum absolute atomic E-state index is 11.7. The first-order chi connectivity index (χ1) is 9.92. The zero-order valence-corrected chi connectivity index (χ0v) is 14.0. The number of hydrogen-bond donors (Lipinski definition) is 2. The standard InChI is InChI=1S/C16H32N2O3/c1-16(2,3)21-15(19)18-12-13-8-5-6-9-14(13)17-10-7-11-20-4/h13-14,17H,5-12H2,1-4H3,(H,18,19). The predicted molar refractivity (Wildman–Crippen MR) is 84.5 cm³/mol. The molecule has 0 heterocycles. The van der Waals surface area contributed by atoms with Crippen molar-refractivity contribution in [1.29, 1.82) is 0 Å². The van der Waals surface area contributed by atoms with Crippen molar-refractivity contribution in [3.63, 3.8) is 0 Å². The number of carbonyl (C=O) groups is 1. The van der Waals surface area contributed by atoms with E-state index in [2.05, 4.69) is 10.6 Å². The molecule has 21 heavy (non-hydrogen) atoms. The van der Waals surface area contributed by atoms with Gasteiger partial charge in [-0.3, -0.25) is 0 Å². The Morgan fingerprint density at radius 2 is 1.95 bits per heavy atom. The molecule has 2 unspecified atom stereocenters. The molecule has 5 heteroatoms. The highest BCUT2D eigenvalue weighted by Crippen LogP contribution is 2.24. The van der Waals surface area contributed by atoms with Gasteiger partial charge in [0, 0.05) is 26.3 Å². The van der Waals surface area contributed by atoms with Crippen LogP contribution < -0.4 is 10.6 Å². The number of carbonyl (C=O) groups excluding carboxylic acids is 1. The monoisotopic (exact) mass is 300 g/mol. The third-order valence-electron chi connectivity index (χ3n) is 3.75. The summed E-state index contributed by atoms with van der Waals surface area (Å²) in [6.07, 6.45) is 5.58. The van der Waals surface area contributed by atoms with Gasteiger partial charge in [-0.05, 0) is 52.5 Å². The molecule has 0 aromatic rings. The van der Waals surface area contributed by atoms with Crippen LogP contribution in [0.1, 0.15) is 52.9 Å². The Morgan fingerprint density at radius 3 is 2.62 bits per heavy atom. The smallest absolute Gasteiger partial charge is 0.407 e. The van der Waals surface area contributed by atoms with E-state index in [1.165, 1.54) is 19.3 Å². The molecular weight excluding hydrogens is 268 g/mol. The third-order valence-corrected chi connectivity index (χ3v) is 3.75. The Bertz CT molecular complexity index is 302. The number of hydrogen-bond acceptors (Lipinski definition) is 4. The van der Waals surface area contributed by atoms with E-state index in [1.54, 1.807) is 7.11 Å². The minimum absolute atomic E-state index is 0.314. The van der Waals surface area contributed by atoms with Crippen LogP contribution in [0.25, 0.3) is 0 Å². The van der Waals surface area contributed by atoms with Crippen molar-refractivity contribution in [2.45, 2.75) is 64.5 Å². The Kier molecular flexibility index (Phi) is 8.04. The molecular formula is C16H32N2O3. The topological polar surface area (TPSA) is 59.6 Å². The van der Waals surface area contributed by atoms with Crippen molar-refractivity contribution in [1.82, 2.24) is 10.6 Å². The van der Waals surface area contributed by atoms with E-state index in [4.69, 9.17) is 9.47 Å². The molecule has 5 nitrogen and oxygen atoms in total. The highest BCUT2D eigenvalue weighted by molar-refractivity contribution is 5.67. The molecule has 0 radical (unpaired) electrons. The lowest BCUT2D eigenvalue weighted by molar-refractivity contribution is 0.0510. The molecule has 1 saturated carbocycles. The van der Waals surface area contributed by atoms with E-state index in [9.17, 15) is 4.79 Å². The summed E-state index contributed by atoms with van der Waals surface area (Å²) in [5, 5.41) is 6.52. The zero-order valence-electron chi connectivity index (χ0n) is 14.0. The lowest BCUT2D eigenvalue weighted by Gasteiger charge is -2.32. The molecule has 1 fully saturated rings. The first-order valence-electron chi connectivity index (χ1n) is 8.11. The van der Waals surface area contributed by atoms with E-state index in [-0.39, 0.29) is 6.09 Å². The van der Waals surface area contributed by atoms with Crippen LogP contribution in [0.3, 0.4) is 0 Å². The van der Waals surface area contributed by atoms with Crippen LogP contribution in [0.4, 0.5) is 4.79 Å². The van der Waals surface area contributed by atoms with Crippen molar-refractivity contribution in [3.8, 4) is 0 Å². The maximum atomic E-state index is 11.7. The molecule has 0 aliphatic heterocycles. The largest absolute Gasteiger partial charge is 0.444 e. The Labute approximate surface area is 129 Å². The van der Waals surface area contributed by atoms with Gasteiger partial charge in [0.1, 0.15) is 5.60 Å². The molecule has 0 bridgehead atoms. The maximum Gasteiger partial charge on any atom is 0.407 e. The molecule has 0 aromatic carbocycles. The minimum atomic E-state index is -0.436. The van der Waals surface area contributed by atoms with E-state index < -0.39 is 5.60 Å². The Hall–Kier alpha value is -0.810. The fourth-order valence-corrected chi connectivity index (χ4v) is 2.75. The first-order valence-corrected chi connectivity index (χ1v) is 8.11. The van der Waals surface area contributed by atoms with Gasteiger partial charge < -0.3 is 20.1 Å². The summed E-state index contributed by atoms with van der Waals surface area (Å²) >= 11 is 0. The van der Waals surface area contributed by atoms with Crippen LogP contribution in [0, 0.1) is 5.92 Å². The minimum Gasteiger partial charge on any atom is -0.444 e. The highest BCUT2D eigenvalue weighted by atomic mass is 16.6. The molecule has 1 aliphatic carbocycles. The summed E-state index contributed by atoms with van der Waals surface area (Å²) in [5.41, 5.74) is -0.436. The van der Waals surface area contributed by atoms with Crippen LogP contribution in [0.5, 0.6) is 0 Å². The highest BCUT2D eigenvalue weighted by Gasteiger charge is 2.25. The number of ether oxygens (including phenoxy) is 2. The average molecular weight is 300 g/mol. The second-order valence-corrected chi connectivity index (χ2v) is 6.83. The van der Waals surface area contributed by atoms with Gasteiger partial charge >= 0.3 is 6.09 Å². The molecule has 0 aromatic heterocycles. The first kappa shape index (κ1) is 18.2. The second kappa shape index (κ2) is 9.26. The summed E-state index contributed by atoms with van der Waals surface area (Å²) < 4.78 is 10.4. The molecule has 0 spiro atoms. The van der Waals surface area contributed by atoms with E-state index >= 15 is 0 Å². The molecule has 1 aliphatic rings. The van der Waals surface area contributed by atoms with Gasteiger partial charge in [0.05, 0.1) is 0 Å². The molecule has 1 rings (SSSR count). The van der Waals surface area contributed by atoms with Gasteiger partial charge in [0.25, 0.3) is 0 Å². The number of rotatable bonds is 7. The van der Waals surface area contributed by atoms with Gasteiger partial charge in [-0.25, -0.2) is 4.79 Å². The van der Waals surface area contributed by atoms with Gasteiger partial charge in [-0.15, -0.1) is 0 Å². The Morgan fingerprint density at radius 1 is 1.24 bits per heavy atom. The molecule has 1 amide bonds. The van der Waals surface area contributed by atoms with Gasteiger partial charge in [0.2, 0.25) is 0 Å². The van der Waals surface area contributed by atoms with Crippen molar-refractivity contribution in [3.05, 3.63) is 0 Å². The number of nitrogens with one attached hydrogen (secondary N) is 2. The van der Waals surface area contributed by atoms with Crippen molar-refractivity contribution in [2.24, 2.45) is 5.92 Å². The zero-order chi connectivity index (χ0) is 15.7. The normalized spacial score (nSPS) is 22.9. The molecule has 0 saturated heterocycles. The van der Waals surface area contributed by atoms with Gasteiger partial charge in [-0.1, -0.05) is 12.8 Å². The molecule has 124 valence electrons. The van der Waals surface area contributed by atoms with Crippen molar-refractivity contribution < 1.29 is 14.3 Å². The van der Waals surface area contributed by atoms with Crippen molar-refractivity contribution >= 4 is 6.09 Å². The summed E-state index contributed by atoms with van der Waals surface area (Å²) in [7, 11) is 1.73. The molecule has 2 N–H and O–H groups in total. The number of methoxy groups -OCH3 is 1. The van der Waals surface area contributed by atoms with Crippen LogP contribution in [0.15, 0.2) is 0 Å². The third kappa shape index (κ3) is 8.27. The van der Waals surface area contributed by atoms with Crippen LogP contribution >= 0.6 is 0 Å². The predicted octanol–water partition coefficient (Wildman–Crippen LogP) is 2.70. The summed E-state index contributed by atoms with van der Waals surface area (Å²) in [6, 6.07) is 0.491. The fourth-order valence-electron chi connectivity index (χ4n) is 2.75. The Balaban J connectivity index is 2.30. The van der Waals surface area contributed by atoms with Crippen LogP contribution in [0.2, 0.25) is 0 Å². The van der Waals surface area contributed by atoms with Gasteiger partial charge in [-0.2, -0.15) is 0 Å². The summed E-state index contributed by atoms with van der Waals surface area (Å²) in [5.74, 6) is 0.494. The lowest BCUT2D eigenvalue weighted by Crippen LogP contribution is -2.45. The lowest BCUT2D eigenvalue weighted by atomic mass is 9.84. The van der Waals surface area contributed by atoms with Gasteiger partial charge in [0.15, 0.2) is 0 Å². The molecule has 2 atom stereocenters. The number of alkyl carbamates (subject to hydrolysis) is 1. The van der Waals surface area contributed by atoms with Crippen LogP contribution in [-0.2, 0) is 9.47 Å². The van der Waals surface area contributed by atoms with E-state index in [1.807, 2.05) is 20.8 Å². The fraction of sp³-hybridized carbons (Fsp3) is 0.938. The van der Waals surface area contributed by atoms with E-state index in [0.717, 1.165) is 26.0 Å². The number of amides is 1. The van der Waals surface area contributed by atoms with E-state index in [0.29, 0.717) is 18.5 Å². The summed E-state index contributed by atoms with van der Waals surface area (Å²) in [4.78, 5) is 11.7. The summed E-state index contributed by atoms with van der Waals surface area (Å²) in [6.45, 7) is 8.10. The van der Waals surface area contributed by atoms with Crippen molar-refractivity contribution in [2.75, 3.05) is 26.8 Å².